The SMILES string of the molecule is NC(CO)C(=O)O.Nc1nc2c(ncn2[C@@H]2O[C@H](COP(=O)(O)O)[C@@H](O)[C@H]2O)c(=O)[nH]1. The summed E-state index contributed by atoms with van der Waals surface area (Å²) in [7, 11) is -4.76. The monoisotopic (exact) mass is 468 g/mol. The molecule has 1 fully saturated rings. The van der Waals surface area contributed by atoms with E-state index in [0.29, 0.717) is 0 Å². The minimum Gasteiger partial charge on any atom is -0.480 e. The fraction of sp³-hybridized carbons (Fsp3) is 0.538. The van der Waals surface area contributed by atoms with Crippen LogP contribution in [0, 0.1) is 0 Å². The van der Waals surface area contributed by atoms with Crippen LogP contribution in [-0.4, -0.2) is 93.3 Å². The third kappa shape index (κ3) is 6.03. The zero-order chi connectivity index (χ0) is 23.5. The Labute approximate surface area is 172 Å². The number of phosphoric ester groups is 1. The number of ether oxygens (including phenoxy) is 1. The number of fused-ring (bicyclic) bond motifs is 1. The van der Waals surface area contributed by atoms with Crippen molar-refractivity contribution in [3.63, 3.8) is 0 Å². The molecule has 1 aliphatic rings. The van der Waals surface area contributed by atoms with Crippen molar-refractivity contribution in [1.82, 2.24) is 19.5 Å². The van der Waals surface area contributed by atoms with Gasteiger partial charge in [0.25, 0.3) is 5.56 Å². The minimum atomic E-state index is -4.76. The van der Waals surface area contributed by atoms with Crippen molar-refractivity contribution >= 4 is 30.9 Å². The number of aliphatic hydroxyl groups is 3. The maximum Gasteiger partial charge on any atom is 0.469 e. The van der Waals surface area contributed by atoms with Gasteiger partial charge in [0, 0.05) is 0 Å². The van der Waals surface area contributed by atoms with Crippen molar-refractivity contribution < 1.29 is 48.8 Å². The molecule has 2 aromatic rings. The largest absolute Gasteiger partial charge is 0.480 e. The molecule has 3 rings (SSSR count). The van der Waals surface area contributed by atoms with Crippen molar-refractivity contribution in [1.29, 1.82) is 0 Å². The molecule has 1 aliphatic heterocycles. The lowest BCUT2D eigenvalue weighted by molar-refractivity contribution is -0.139. The Balaban J connectivity index is 0.000000423. The highest BCUT2D eigenvalue weighted by atomic mass is 31.2. The van der Waals surface area contributed by atoms with Crippen LogP contribution in [0.3, 0.4) is 0 Å². The Morgan fingerprint density at radius 1 is 1.39 bits per heavy atom. The van der Waals surface area contributed by atoms with E-state index < -0.39 is 63.1 Å². The lowest BCUT2D eigenvalue weighted by Gasteiger charge is -2.16. The summed E-state index contributed by atoms with van der Waals surface area (Å²) in [5.74, 6) is -1.36. The number of rotatable bonds is 6. The smallest absolute Gasteiger partial charge is 0.469 e. The van der Waals surface area contributed by atoms with Crippen LogP contribution < -0.4 is 17.0 Å². The van der Waals surface area contributed by atoms with Crippen LogP contribution in [0.2, 0.25) is 0 Å². The molecule has 5 atom stereocenters. The van der Waals surface area contributed by atoms with Gasteiger partial charge in [0.1, 0.15) is 24.4 Å². The molecule has 0 aromatic carbocycles. The summed E-state index contributed by atoms with van der Waals surface area (Å²) in [6.07, 6.45) is -4.22. The number of carboxylic acid groups (broad SMARTS) is 1. The van der Waals surface area contributed by atoms with Gasteiger partial charge in [0.2, 0.25) is 5.95 Å². The number of nitrogens with zero attached hydrogens (tertiary/aromatic N) is 3. The molecule has 11 N–H and O–H groups in total. The van der Waals surface area contributed by atoms with Crippen LogP contribution in [0.4, 0.5) is 5.95 Å². The van der Waals surface area contributed by atoms with E-state index in [1.807, 2.05) is 0 Å². The number of aliphatic carboxylic acids is 1. The maximum absolute atomic E-state index is 11.7. The molecule has 1 saturated heterocycles. The van der Waals surface area contributed by atoms with Crippen LogP contribution in [0.5, 0.6) is 0 Å². The first kappa shape index (κ1) is 24.8. The first-order valence-corrected chi connectivity index (χ1v) is 9.92. The Morgan fingerprint density at radius 3 is 2.55 bits per heavy atom. The van der Waals surface area contributed by atoms with Gasteiger partial charge in [-0.15, -0.1) is 0 Å². The number of anilines is 1. The molecule has 31 heavy (non-hydrogen) atoms. The van der Waals surface area contributed by atoms with E-state index in [4.69, 9.17) is 36.2 Å². The number of hydrogen-bond acceptors (Lipinski definition) is 12. The molecule has 0 radical (unpaired) electrons. The molecule has 1 unspecified atom stereocenters. The molecule has 17 nitrogen and oxygen atoms in total. The van der Waals surface area contributed by atoms with Gasteiger partial charge in [-0.05, 0) is 0 Å². The number of imidazole rings is 1. The van der Waals surface area contributed by atoms with Gasteiger partial charge >= 0.3 is 13.8 Å². The molecule has 3 heterocycles. The quantitative estimate of drug-likeness (QED) is 0.182. The van der Waals surface area contributed by atoms with Gasteiger partial charge in [-0.25, -0.2) is 9.55 Å². The fourth-order valence-corrected chi connectivity index (χ4v) is 2.82. The highest BCUT2D eigenvalue weighted by Gasteiger charge is 2.45. The Bertz CT molecular complexity index is 1020. The van der Waals surface area contributed by atoms with Gasteiger partial charge < -0.3 is 46.4 Å². The molecule has 0 amide bonds. The summed E-state index contributed by atoms with van der Waals surface area (Å²) < 4.78 is 21.6. The summed E-state index contributed by atoms with van der Waals surface area (Å²) >= 11 is 0. The average Bonchev–Trinajstić information content (AvgIpc) is 3.21. The number of phosphoric acid groups is 1. The number of nitrogen functional groups attached to an aromatic ring is 1. The predicted octanol–water partition coefficient (Wildman–Crippen LogP) is -4.18. The van der Waals surface area contributed by atoms with Crippen LogP contribution in [0.15, 0.2) is 11.1 Å². The van der Waals surface area contributed by atoms with E-state index in [2.05, 4.69) is 19.5 Å². The van der Waals surface area contributed by atoms with Crippen molar-refractivity contribution in [3.8, 4) is 0 Å². The lowest BCUT2D eigenvalue weighted by Crippen LogP contribution is -2.33. The van der Waals surface area contributed by atoms with E-state index in [1.165, 1.54) is 10.9 Å². The summed E-state index contributed by atoms with van der Waals surface area (Å²) in [6, 6.07) is -1.13. The highest BCUT2D eigenvalue weighted by molar-refractivity contribution is 7.46. The van der Waals surface area contributed by atoms with E-state index in [-0.39, 0.29) is 17.1 Å². The summed E-state index contributed by atoms with van der Waals surface area (Å²) in [5, 5.41) is 36.0. The zero-order valence-corrected chi connectivity index (χ0v) is 16.4. The molecular formula is C13H21N6O11P. The summed E-state index contributed by atoms with van der Waals surface area (Å²) in [4.78, 5) is 48.8. The van der Waals surface area contributed by atoms with Crippen LogP contribution >= 0.6 is 7.82 Å². The number of nitrogens with two attached hydrogens (primary N) is 2. The number of carbonyl (C=O) groups is 1. The number of aromatic amines is 1. The van der Waals surface area contributed by atoms with E-state index in [9.17, 15) is 24.4 Å². The Hall–Kier alpha value is -2.47. The average molecular weight is 468 g/mol. The number of nitrogens with one attached hydrogen (secondary N) is 1. The number of hydrogen-bond donors (Lipinski definition) is 9. The third-order valence-corrected chi connectivity index (χ3v) is 4.47. The van der Waals surface area contributed by atoms with Gasteiger partial charge in [0.15, 0.2) is 17.4 Å². The normalized spacial score (nSPS) is 24.6. The van der Waals surface area contributed by atoms with E-state index >= 15 is 0 Å². The van der Waals surface area contributed by atoms with Gasteiger partial charge in [-0.3, -0.25) is 23.7 Å². The van der Waals surface area contributed by atoms with Crippen molar-refractivity contribution in [2.24, 2.45) is 5.73 Å². The highest BCUT2D eigenvalue weighted by Crippen LogP contribution is 2.38. The van der Waals surface area contributed by atoms with E-state index in [0.717, 1.165) is 0 Å². The van der Waals surface area contributed by atoms with Gasteiger partial charge in [0.05, 0.1) is 19.5 Å². The second-order valence-corrected chi connectivity index (χ2v) is 7.47. The van der Waals surface area contributed by atoms with E-state index in [1.54, 1.807) is 0 Å². The number of aromatic nitrogens is 4. The third-order valence-electron chi connectivity index (χ3n) is 3.98. The van der Waals surface area contributed by atoms with Crippen molar-refractivity contribution in [2.45, 2.75) is 30.6 Å². The fourth-order valence-electron chi connectivity index (χ4n) is 2.47. The first-order chi connectivity index (χ1) is 14.4. The molecular weight excluding hydrogens is 447 g/mol. The molecule has 2 aromatic heterocycles. The number of H-pyrrole nitrogens is 1. The predicted molar refractivity (Wildman–Crippen MR) is 99.2 cm³/mol. The topological polar surface area (TPSA) is 290 Å². The van der Waals surface area contributed by atoms with Gasteiger partial charge in [-0.2, -0.15) is 4.98 Å². The van der Waals surface area contributed by atoms with Crippen LogP contribution in [-0.2, 0) is 18.6 Å². The second kappa shape index (κ2) is 9.77. The Morgan fingerprint density at radius 2 is 2.03 bits per heavy atom. The minimum absolute atomic E-state index is 0.0176. The molecule has 0 saturated carbocycles. The van der Waals surface area contributed by atoms with Crippen LogP contribution in [0.1, 0.15) is 6.23 Å². The molecule has 18 heteroatoms. The molecule has 0 spiro atoms. The van der Waals surface area contributed by atoms with Crippen LogP contribution in [0.25, 0.3) is 11.2 Å². The van der Waals surface area contributed by atoms with Crippen molar-refractivity contribution in [3.05, 3.63) is 16.7 Å². The van der Waals surface area contributed by atoms with Gasteiger partial charge in [-0.1, -0.05) is 0 Å². The lowest BCUT2D eigenvalue weighted by atomic mass is 10.1. The summed E-state index contributed by atoms with van der Waals surface area (Å²) in [5.41, 5.74) is 9.61. The molecule has 0 bridgehead atoms. The molecule has 0 aliphatic carbocycles. The zero-order valence-electron chi connectivity index (χ0n) is 15.5. The standard InChI is InChI=1S/C10H14N5O8P.C3H7NO3/c11-10-13-7-4(8(18)14-10)12-2-15(7)9-6(17)5(16)3(23-9)1-22-24(19,20)21;4-2(1-5)3(6)7/h2-3,5-6,9,16-17H,1H2,(H2,19,20,21)(H3,11,13,14,18);2,5H,1,4H2,(H,6,7)/t3-,5-,6-,9-;/m1./s1. The number of aliphatic hydroxyl groups excluding tert-OH is 3. The summed E-state index contributed by atoms with van der Waals surface area (Å²) in [6.45, 7) is -1.16. The first-order valence-electron chi connectivity index (χ1n) is 8.39. The Kier molecular flexibility index (Phi) is 7.82. The maximum atomic E-state index is 11.7. The molecule has 174 valence electrons. The second-order valence-electron chi connectivity index (χ2n) is 6.24. The number of carboxylic acids is 1. The van der Waals surface area contributed by atoms with Crippen molar-refractivity contribution in [2.75, 3.05) is 18.9 Å².